The third-order valence-electron chi connectivity index (χ3n) is 1.91. The van der Waals surface area contributed by atoms with E-state index in [9.17, 15) is 9.59 Å². The number of hydrogen-bond acceptors (Lipinski definition) is 5. The molecular formula is C9H9NO3S. The summed E-state index contributed by atoms with van der Waals surface area (Å²) in [7, 11) is 0. The molecule has 0 bridgehead atoms. The minimum absolute atomic E-state index is 0.183. The number of hydrogen-bond donors (Lipinski definition) is 0. The van der Waals surface area contributed by atoms with Gasteiger partial charge in [0, 0.05) is 0 Å². The Labute approximate surface area is 84.9 Å². The summed E-state index contributed by atoms with van der Waals surface area (Å²) in [5.74, 6) is -1.08. The molecule has 0 unspecified atom stereocenters. The highest BCUT2D eigenvalue weighted by Gasteiger charge is 2.28. The van der Waals surface area contributed by atoms with E-state index in [4.69, 9.17) is 0 Å². The Bertz CT molecular complexity index is 397. The lowest BCUT2D eigenvalue weighted by atomic mass is 10.2. The number of ether oxygens (including phenoxy) is 1. The van der Waals surface area contributed by atoms with Gasteiger partial charge >= 0.3 is 11.9 Å². The van der Waals surface area contributed by atoms with Gasteiger partial charge in [-0.1, -0.05) is 6.92 Å². The first-order valence-corrected chi connectivity index (χ1v) is 5.26. The lowest BCUT2D eigenvalue weighted by Crippen LogP contribution is -2.21. The molecule has 2 heterocycles. The molecular weight excluding hydrogens is 202 g/mol. The maximum atomic E-state index is 11.2. The number of aryl methyl sites for hydroxylation is 1. The molecule has 0 aliphatic carbocycles. The van der Waals surface area contributed by atoms with Crippen molar-refractivity contribution in [2.75, 3.05) is 0 Å². The van der Waals surface area contributed by atoms with Gasteiger partial charge < -0.3 is 4.74 Å². The van der Waals surface area contributed by atoms with Crippen LogP contribution in [0, 0.1) is 0 Å². The minimum atomic E-state index is -0.602. The zero-order chi connectivity index (χ0) is 10.1. The van der Waals surface area contributed by atoms with E-state index < -0.39 is 11.9 Å². The van der Waals surface area contributed by atoms with Crippen molar-refractivity contribution in [1.82, 2.24) is 4.98 Å². The summed E-state index contributed by atoms with van der Waals surface area (Å²) in [6, 6.07) is 0. The zero-order valence-corrected chi connectivity index (χ0v) is 8.52. The first kappa shape index (κ1) is 9.33. The maximum Gasteiger partial charge on any atom is 0.365 e. The summed E-state index contributed by atoms with van der Waals surface area (Å²) in [5.41, 5.74) is 0.332. The first-order valence-electron chi connectivity index (χ1n) is 4.44. The lowest BCUT2D eigenvalue weighted by molar-refractivity contribution is -0.137. The molecule has 1 aliphatic heterocycles. The van der Waals surface area contributed by atoms with Crippen LogP contribution in [0.4, 0.5) is 0 Å². The number of fused-ring (bicyclic) bond motifs is 1. The Hall–Kier alpha value is -1.23. The molecule has 0 saturated carbocycles. The van der Waals surface area contributed by atoms with Gasteiger partial charge in [0.1, 0.15) is 0 Å². The Morgan fingerprint density at radius 1 is 1.50 bits per heavy atom. The molecule has 0 amide bonds. The predicted molar refractivity (Wildman–Crippen MR) is 50.2 cm³/mol. The van der Waals surface area contributed by atoms with Crippen molar-refractivity contribution in [2.45, 2.75) is 26.2 Å². The number of rotatable bonds is 2. The number of thiazole rings is 1. The molecule has 0 aromatic carbocycles. The van der Waals surface area contributed by atoms with Gasteiger partial charge in [-0.25, -0.2) is 9.78 Å². The second-order valence-corrected chi connectivity index (χ2v) is 4.24. The molecule has 1 aliphatic rings. The van der Waals surface area contributed by atoms with Crippen LogP contribution in [0.2, 0.25) is 0 Å². The van der Waals surface area contributed by atoms with Gasteiger partial charge in [0.15, 0.2) is 5.69 Å². The number of esters is 2. The van der Waals surface area contributed by atoms with Crippen LogP contribution < -0.4 is 0 Å². The van der Waals surface area contributed by atoms with Gasteiger partial charge in [-0.05, 0) is 12.8 Å². The maximum absolute atomic E-state index is 11.2. The fraction of sp³-hybridized carbons (Fsp3) is 0.444. The van der Waals surface area contributed by atoms with Crippen LogP contribution in [-0.4, -0.2) is 16.9 Å². The normalized spacial score (nSPS) is 15.2. The van der Waals surface area contributed by atoms with Crippen molar-refractivity contribution in [3.63, 3.8) is 0 Å². The lowest BCUT2D eigenvalue weighted by Gasteiger charge is -2.06. The van der Waals surface area contributed by atoms with Crippen LogP contribution in [0.3, 0.4) is 0 Å². The molecule has 74 valence electrons. The molecule has 1 aromatic rings. The zero-order valence-electron chi connectivity index (χ0n) is 7.70. The summed E-state index contributed by atoms with van der Waals surface area (Å²) in [6.45, 7) is 2.05. The van der Waals surface area contributed by atoms with Crippen molar-refractivity contribution >= 4 is 23.3 Å². The van der Waals surface area contributed by atoms with Crippen LogP contribution in [0.1, 0.15) is 33.7 Å². The van der Waals surface area contributed by atoms with Gasteiger partial charge in [0.2, 0.25) is 0 Å². The average Bonchev–Trinajstić information content (AvgIpc) is 2.48. The third-order valence-corrected chi connectivity index (χ3v) is 3.03. The summed E-state index contributed by atoms with van der Waals surface area (Å²) in [5, 5.41) is 0.907. The van der Waals surface area contributed by atoms with Gasteiger partial charge in [0.05, 0.1) is 16.3 Å². The monoisotopic (exact) mass is 211 g/mol. The number of carbonyl (C=O) groups excluding carboxylic acids is 2. The van der Waals surface area contributed by atoms with E-state index in [0.29, 0.717) is 5.69 Å². The standard InChI is InChI=1S/C9H9NO3S/c1-2-3-6-10-8-5(14-6)4-7(11)13-9(8)12/h2-4H2,1H3. The van der Waals surface area contributed by atoms with E-state index in [2.05, 4.69) is 9.72 Å². The summed E-state index contributed by atoms with van der Waals surface area (Å²) in [4.78, 5) is 27.0. The molecule has 0 atom stereocenters. The first-order chi connectivity index (χ1) is 6.70. The van der Waals surface area contributed by atoms with Crippen molar-refractivity contribution < 1.29 is 14.3 Å². The summed E-state index contributed by atoms with van der Waals surface area (Å²) in [6.07, 6.45) is 2.01. The van der Waals surface area contributed by atoms with E-state index in [1.54, 1.807) is 0 Å². The number of cyclic esters (lactones) is 2. The topological polar surface area (TPSA) is 56.3 Å². The van der Waals surface area contributed by atoms with Gasteiger partial charge in [-0.3, -0.25) is 4.79 Å². The van der Waals surface area contributed by atoms with Crippen LogP contribution >= 0.6 is 11.3 Å². The number of aromatic nitrogens is 1. The SMILES string of the molecule is CCCc1nc2c(s1)CC(=O)OC2=O. The molecule has 1 aromatic heterocycles. The minimum Gasteiger partial charge on any atom is -0.388 e. The Balaban J connectivity index is 2.35. The predicted octanol–water partition coefficient (Wildman–Crippen LogP) is 1.34. The van der Waals surface area contributed by atoms with E-state index in [0.717, 1.165) is 22.7 Å². The van der Waals surface area contributed by atoms with Crippen LogP contribution in [-0.2, 0) is 22.4 Å². The van der Waals surface area contributed by atoms with Crippen molar-refractivity contribution in [2.24, 2.45) is 0 Å². The number of nitrogens with zero attached hydrogens (tertiary/aromatic N) is 1. The van der Waals surface area contributed by atoms with E-state index in [-0.39, 0.29) is 6.42 Å². The van der Waals surface area contributed by atoms with Crippen molar-refractivity contribution in [1.29, 1.82) is 0 Å². The highest BCUT2D eigenvalue weighted by atomic mass is 32.1. The quantitative estimate of drug-likeness (QED) is 0.547. The van der Waals surface area contributed by atoms with E-state index in [1.807, 2.05) is 6.92 Å². The highest BCUT2D eigenvalue weighted by molar-refractivity contribution is 7.12. The fourth-order valence-electron chi connectivity index (χ4n) is 1.32. The third kappa shape index (κ3) is 1.55. The highest BCUT2D eigenvalue weighted by Crippen LogP contribution is 2.24. The molecule has 4 nitrogen and oxygen atoms in total. The van der Waals surface area contributed by atoms with Crippen LogP contribution in [0.25, 0.3) is 0 Å². The molecule has 0 saturated heterocycles. The van der Waals surface area contributed by atoms with E-state index in [1.165, 1.54) is 11.3 Å². The molecule has 14 heavy (non-hydrogen) atoms. The average molecular weight is 211 g/mol. The molecule has 0 radical (unpaired) electrons. The summed E-state index contributed by atoms with van der Waals surface area (Å²) >= 11 is 1.43. The van der Waals surface area contributed by atoms with E-state index >= 15 is 0 Å². The Kier molecular flexibility index (Phi) is 2.33. The fourth-order valence-corrected chi connectivity index (χ4v) is 2.46. The molecule has 5 heteroatoms. The van der Waals surface area contributed by atoms with Gasteiger partial charge in [0.25, 0.3) is 0 Å². The second-order valence-electron chi connectivity index (χ2n) is 3.07. The van der Waals surface area contributed by atoms with Crippen LogP contribution in [0.15, 0.2) is 0 Å². The van der Waals surface area contributed by atoms with Crippen molar-refractivity contribution in [3.8, 4) is 0 Å². The molecule has 0 N–H and O–H groups in total. The molecule has 0 fully saturated rings. The smallest absolute Gasteiger partial charge is 0.365 e. The second kappa shape index (κ2) is 3.49. The molecule has 2 rings (SSSR count). The Morgan fingerprint density at radius 3 is 3.00 bits per heavy atom. The Morgan fingerprint density at radius 2 is 2.29 bits per heavy atom. The van der Waals surface area contributed by atoms with Crippen molar-refractivity contribution in [3.05, 3.63) is 15.6 Å². The largest absolute Gasteiger partial charge is 0.388 e. The molecule has 0 spiro atoms. The van der Waals surface area contributed by atoms with Crippen LogP contribution in [0.5, 0.6) is 0 Å². The van der Waals surface area contributed by atoms with Gasteiger partial charge in [-0.2, -0.15) is 0 Å². The van der Waals surface area contributed by atoms with Gasteiger partial charge in [-0.15, -0.1) is 11.3 Å². The summed E-state index contributed by atoms with van der Waals surface area (Å²) < 4.78 is 4.47. The number of carbonyl (C=O) groups is 2.